The van der Waals surface area contributed by atoms with E-state index >= 15 is 0 Å². The number of ether oxygens (including phenoxy) is 1. The zero-order valence-corrected chi connectivity index (χ0v) is 12.2. The third-order valence-electron chi connectivity index (χ3n) is 4.61. The van der Waals surface area contributed by atoms with Gasteiger partial charge in [-0.3, -0.25) is 0 Å². The lowest BCUT2D eigenvalue weighted by atomic mass is 9.98. The molecule has 3 heterocycles. The van der Waals surface area contributed by atoms with E-state index in [2.05, 4.69) is 10.2 Å². The van der Waals surface area contributed by atoms with Gasteiger partial charge in [-0.25, -0.2) is 4.98 Å². The minimum Gasteiger partial charge on any atom is -0.371 e. The first-order valence-corrected chi connectivity index (χ1v) is 8.22. The zero-order valence-electron chi connectivity index (χ0n) is 11.4. The minimum absolute atomic E-state index is 0.444. The van der Waals surface area contributed by atoms with E-state index < -0.39 is 0 Å². The number of nitrogens with one attached hydrogen (secondary N) is 1. The van der Waals surface area contributed by atoms with Crippen LogP contribution in [0.4, 0.5) is 5.13 Å². The van der Waals surface area contributed by atoms with Crippen LogP contribution >= 0.6 is 11.3 Å². The van der Waals surface area contributed by atoms with Crippen molar-refractivity contribution in [3.8, 4) is 0 Å². The molecular weight excluding hydrogens is 258 g/mol. The summed E-state index contributed by atoms with van der Waals surface area (Å²) < 4.78 is 5.92. The second kappa shape index (κ2) is 4.72. The lowest BCUT2D eigenvalue weighted by molar-refractivity contribution is 0.0304. The largest absolute Gasteiger partial charge is 0.371 e. The van der Waals surface area contributed by atoms with Crippen LogP contribution < -0.4 is 10.2 Å². The summed E-state index contributed by atoms with van der Waals surface area (Å²) in [6, 6.07) is 0.464. The number of hydrogen-bond donors (Lipinski definition) is 1. The molecule has 1 aromatic rings. The normalized spacial score (nSPS) is 33.5. The Morgan fingerprint density at radius 3 is 2.79 bits per heavy atom. The maximum absolute atomic E-state index is 5.92. The lowest BCUT2D eigenvalue weighted by Crippen LogP contribution is -2.42. The quantitative estimate of drug-likeness (QED) is 0.900. The molecular formula is C14H21N3OS. The van der Waals surface area contributed by atoms with Crippen molar-refractivity contribution in [3.63, 3.8) is 0 Å². The highest BCUT2D eigenvalue weighted by molar-refractivity contribution is 7.15. The van der Waals surface area contributed by atoms with Gasteiger partial charge in [-0.2, -0.15) is 0 Å². The van der Waals surface area contributed by atoms with Crippen LogP contribution in [0.1, 0.15) is 42.3 Å². The number of rotatable bonds is 2. The molecule has 2 saturated heterocycles. The smallest absolute Gasteiger partial charge is 0.186 e. The first-order valence-electron chi connectivity index (χ1n) is 7.41. The molecule has 1 N–H and O–H groups in total. The van der Waals surface area contributed by atoms with Crippen molar-refractivity contribution in [2.75, 3.05) is 25.0 Å². The minimum atomic E-state index is 0.444. The second-order valence-electron chi connectivity index (χ2n) is 5.90. The predicted molar refractivity (Wildman–Crippen MR) is 77.0 cm³/mol. The molecule has 0 aromatic carbocycles. The van der Waals surface area contributed by atoms with Gasteiger partial charge < -0.3 is 15.0 Å². The molecule has 3 unspecified atom stereocenters. The van der Waals surface area contributed by atoms with E-state index in [-0.39, 0.29) is 0 Å². The van der Waals surface area contributed by atoms with Crippen molar-refractivity contribution < 1.29 is 4.74 Å². The van der Waals surface area contributed by atoms with Crippen LogP contribution in [0.2, 0.25) is 0 Å². The highest BCUT2D eigenvalue weighted by Crippen LogP contribution is 2.38. The van der Waals surface area contributed by atoms with Gasteiger partial charge in [-0.15, -0.1) is 11.3 Å². The van der Waals surface area contributed by atoms with Gasteiger partial charge in [-0.05, 0) is 39.2 Å². The molecule has 19 heavy (non-hydrogen) atoms. The summed E-state index contributed by atoms with van der Waals surface area (Å²) >= 11 is 1.91. The molecule has 5 heteroatoms. The third kappa shape index (κ3) is 2.08. The van der Waals surface area contributed by atoms with Gasteiger partial charge in [-0.1, -0.05) is 0 Å². The fourth-order valence-electron chi connectivity index (χ4n) is 3.59. The standard InChI is InChI=1S/C14H21N3OS/c1-15-11-3-2-4-12-13(11)16-14(19-12)17-7-9-5-6-10(8-17)18-9/h9-11,15H,2-8H2,1H3. The average Bonchev–Trinajstić information content (AvgIpc) is 3.01. The molecule has 0 saturated carbocycles. The van der Waals surface area contributed by atoms with Crippen molar-refractivity contribution in [2.24, 2.45) is 0 Å². The number of nitrogens with zero attached hydrogens (tertiary/aromatic N) is 2. The van der Waals surface area contributed by atoms with E-state index in [0.29, 0.717) is 18.2 Å². The fourth-order valence-corrected chi connectivity index (χ4v) is 4.77. The number of anilines is 1. The Hall–Kier alpha value is -0.650. The monoisotopic (exact) mass is 279 g/mol. The molecule has 2 aliphatic heterocycles. The van der Waals surface area contributed by atoms with Crippen molar-refractivity contribution in [3.05, 3.63) is 10.6 Å². The Labute approximate surface area is 118 Å². The van der Waals surface area contributed by atoms with Crippen LogP contribution in [0.15, 0.2) is 0 Å². The Balaban J connectivity index is 1.60. The molecule has 4 rings (SSSR count). The van der Waals surface area contributed by atoms with E-state index in [4.69, 9.17) is 9.72 Å². The highest BCUT2D eigenvalue weighted by Gasteiger charge is 2.35. The molecule has 104 valence electrons. The maximum Gasteiger partial charge on any atom is 0.186 e. The Morgan fingerprint density at radius 2 is 2.05 bits per heavy atom. The molecule has 2 bridgehead atoms. The number of aryl methyl sites for hydroxylation is 1. The summed E-state index contributed by atoms with van der Waals surface area (Å²) in [5.74, 6) is 0. The van der Waals surface area contributed by atoms with Crippen LogP contribution in [0, 0.1) is 0 Å². The van der Waals surface area contributed by atoms with E-state index in [1.807, 2.05) is 18.4 Å². The average molecular weight is 279 g/mol. The summed E-state index contributed by atoms with van der Waals surface area (Å²) in [5, 5.41) is 4.64. The predicted octanol–water partition coefficient (Wildman–Crippen LogP) is 2.11. The molecule has 0 amide bonds. The van der Waals surface area contributed by atoms with Crippen LogP contribution in [0.3, 0.4) is 0 Å². The highest BCUT2D eigenvalue weighted by atomic mass is 32.1. The van der Waals surface area contributed by atoms with E-state index in [9.17, 15) is 0 Å². The maximum atomic E-state index is 5.92. The summed E-state index contributed by atoms with van der Waals surface area (Å²) in [6.07, 6.45) is 7.06. The molecule has 1 aromatic heterocycles. The molecule has 1 aliphatic carbocycles. The van der Waals surface area contributed by atoms with Crippen molar-refractivity contribution >= 4 is 16.5 Å². The van der Waals surface area contributed by atoms with Gasteiger partial charge in [0.05, 0.1) is 23.9 Å². The van der Waals surface area contributed by atoms with Crippen LogP contribution in [0.5, 0.6) is 0 Å². The Bertz CT molecular complexity index is 463. The Kier molecular flexibility index (Phi) is 3.01. The summed E-state index contributed by atoms with van der Waals surface area (Å²) in [4.78, 5) is 8.91. The molecule has 0 spiro atoms. The van der Waals surface area contributed by atoms with Crippen molar-refractivity contribution in [2.45, 2.75) is 50.4 Å². The van der Waals surface area contributed by atoms with Gasteiger partial charge in [0, 0.05) is 18.0 Å². The summed E-state index contributed by atoms with van der Waals surface area (Å²) in [6.45, 7) is 2.07. The first-order chi connectivity index (χ1) is 9.33. The van der Waals surface area contributed by atoms with Gasteiger partial charge in [0.15, 0.2) is 5.13 Å². The van der Waals surface area contributed by atoms with Crippen molar-refractivity contribution in [1.29, 1.82) is 0 Å². The molecule has 3 atom stereocenters. The van der Waals surface area contributed by atoms with E-state index in [1.165, 1.54) is 47.8 Å². The first kappa shape index (κ1) is 12.1. The number of morpholine rings is 1. The lowest BCUT2D eigenvalue weighted by Gasteiger charge is -2.31. The van der Waals surface area contributed by atoms with E-state index in [1.54, 1.807) is 0 Å². The van der Waals surface area contributed by atoms with E-state index in [0.717, 1.165) is 13.1 Å². The summed E-state index contributed by atoms with van der Waals surface area (Å²) in [7, 11) is 2.05. The van der Waals surface area contributed by atoms with Gasteiger partial charge in [0.2, 0.25) is 0 Å². The van der Waals surface area contributed by atoms with Crippen molar-refractivity contribution in [1.82, 2.24) is 10.3 Å². The topological polar surface area (TPSA) is 37.4 Å². The zero-order chi connectivity index (χ0) is 12.8. The number of thiazole rings is 1. The third-order valence-corrected chi connectivity index (χ3v) is 5.80. The molecule has 0 radical (unpaired) electrons. The summed E-state index contributed by atoms with van der Waals surface area (Å²) in [5.41, 5.74) is 1.31. The van der Waals surface area contributed by atoms with Crippen LogP contribution in [-0.2, 0) is 11.2 Å². The number of hydrogen-bond acceptors (Lipinski definition) is 5. The molecule has 4 nitrogen and oxygen atoms in total. The van der Waals surface area contributed by atoms with Gasteiger partial charge >= 0.3 is 0 Å². The fraction of sp³-hybridized carbons (Fsp3) is 0.786. The van der Waals surface area contributed by atoms with Gasteiger partial charge in [0.1, 0.15) is 0 Å². The number of fused-ring (bicyclic) bond motifs is 3. The van der Waals surface area contributed by atoms with Crippen LogP contribution in [-0.4, -0.2) is 37.3 Å². The molecule has 3 aliphatic rings. The van der Waals surface area contributed by atoms with Gasteiger partial charge in [0.25, 0.3) is 0 Å². The SMILES string of the molecule is CNC1CCCc2sc(N3CC4CCC(C3)O4)nc21. The Morgan fingerprint density at radius 1 is 1.26 bits per heavy atom. The van der Waals surface area contributed by atoms with Crippen LogP contribution in [0.25, 0.3) is 0 Å². The second-order valence-corrected chi connectivity index (χ2v) is 6.96. The molecule has 2 fully saturated rings. The number of aromatic nitrogens is 1.